The molecule has 4 rings (SSSR count). The third-order valence-electron chi connectivity index (χ3n) is 6.87. The fourth-order valence-corrected chi connectivity index (χ4v) is 5.09. The largest absolute Gasteiger partial charge is 0.390 e. The van der Waals surface area contributed by atoms with E-state index in [-0.39, 0.29) is 23.7 Å². The van der Waals surface area contributed by atoms with Gasteiger partial charge in [0.25, 0.3) is 0 Å². The summed E-state index contributed by atoms with van der Waals surface area (Å²) in [5.41, 5.74) is 0.638. The Morgan fingerprint density at radius 3 is 2.55 bits per heavy atom. The zero-order chi connectivity index (χ0) is 21.8. The lowest BCUT2D eigenvalue weighted by molar-refractivity contribution is -0.137. The molecule has 0 spiro atoms. The number of hydrogen-bond acceptors (Lipinski definition) is 5. The predicted octanol–water partition coefficient (Wildman–Crippen LogP) is 1.31. The van der Waals surface area contributed by atoms with E-state index in [1.54, 1.807) is 11.0 Å². The molecule has 170 valence electrons. The molecule has 3 aliphatic rings. The van der Waals surface area contributed by atoms with E-state index in [0.29, 0.717) is 44.6 Å². The molecule has 0 aromatic heterocycles. The smallest absolute Gasteiger partial charge is 0.222 e. The monoisotopic (exact) mass is 432 g/mol. The van der Waals surface area contributed by atoms with Crippen molar-refractivity contribution in [3.63, 3.8) is 0 Å². The Kier molecular flexibility index (Phi) is 7.07. The van der Waals surface area contributed by atoms with Crippen LogP contribution in [0.15, 0.2) is 24.3 Å². The van der Waals surface area contributed by atoms with Crippen LogP contribution in [0.4, 0.5) is 10.1 Å². The first-order valence-electron chi connectivity index (χ1n) is 11.5. The van der Waals surface area contributed by atoms with Crippen molar-refractivity contribution >= 4 is 17.5 Å². The molecule has 0 bridgehead atoms. The summed E-state index contributed by atoms with van der Waals surface area (Å²) in [5, 5.41) is 10.7. The van der Waals surface area contributed by atoms with Gasteiger partial charge in [0.15, 0.2) is 0 Å². The molecule has 3 saturated heterocycles. The van der Waals surface area contributed by atoms with Crippen LogP contribution in [-0.2, 0) is 9.59 Å². The average Bonchev–Trinajstić information content (AvgIpc) is 3.19. The molecule has 8 heteroatoms. The maximum atomic E-state index is 14.1. The van der Waals surface area contributed by atoms with Crippen molar-refractivity contribution in [1.29, 1.82) is 0 Å². The number of piperidine rings is 1. The zero-order valence-electron chi connectivity index (χ0n) is 18.1. The van der Waals surface area contributed by atoms with Crippen LogP contribution in [-0.4, -0.2) is 96.1 Å². The predicted molar refractivity (Wildman–Crippen MR) is 116 cm³/mol. The quantitative estimate of drug-likeness (QED) is 0.734. The highest BCUT2D eigenvalue weighted by Gasteiger charge is 2.35. The second-order valence-corrected chi connectivity index (χ2v) is 8.83. The molecule has 2 atom stereocenters. The highest BCUT2D eigenvalue weighted by atomic mass is 19.1. The molecule has 2 amide bonds. The Morgan fingerprint density at radius 2 is 1.87 bits per heavy atom. The minimum absolute atomic E-state index is 0.0361. The molecule has 0 unspecified atom stereocenters. The number of carbonyl (C=O) groups excluding carboxylic acids is 2. The van der Waals surface area contributed by atoms with Crippen LogP contribution < -0.4 is 4.90 Å². The number of nitrogens with zero attached hydrogens (tertiary/aromatic N) is 4. The van der Waals surface area contributed by atoms with Crippen molar-refractivity contribution in [3.05, 3.63) is 30.1 Å². The van der Waals surface area contributed by atoms with Gasteiger partial charge in [-0.15, -0.1) is 0 Å². The number of amides is 2. The van der Waals surface area contributed by atoms with Crippen molar-refractivity contribution in [1.82, 2.24) is 14.7 Å². The van der Waals surface area contributed by atoms with E-state index in [1.807, 2.05) is 17.0 Å². The number of rotatable bonds is 6. The van der Waals surface area contributed by atoms with Gasteiger partial charge >= 0.3 is 0 Å². The van der Waals surface area contributed by atoms with Gasteiger partial charge in [0.1, 0.15) is 5.82 Å². The van der Waals surface area contributed by atoms with Crippen LogP contribution in [0.3, 0.4) is 0 Å². The first-order valence-corrected chi connectivity index (χ1v) is 11.5. The van der Waals surface area contributed by atoms with Crippen LogP contribution in [0.5, 0.6) is 0 Å². The van der Waals surface area contributed by atoms with Crippen molar-refractivity contribution in [2.24, 2.45) is 0 Å². The lowest BCUT2D eigenvalue weighted by Gasteiger charge is -2.45. The topological polar surface area (TPSA) is 67.3 Å². The molecule has 3 aliphatic heterocycles. The summed E-state index contributed by atoms with van der Waals surface area (Å²) in [6.07, 6.45) is 2.82. The highest BCUT2D eigenvalue weighted by Crippen LogP contribution is 2.24. The third-order valence-corrected chi connectivity index (χ3v) is 6.87. The van der Waals surface area contributed by atoms with Gasteiger partial charge in [0.05, 0.1) is 11.8 Å². The fraction of sp³-hybridized carbons (Fsp3) is 0.652. The number of likely N-dealkylation sites (tertiary alicyclic amines) is 2. The maximum absolute atomic E-state index is 14.1. The standard InChI is InChI=1S/C23H33FN4O3/c24-18-5-1-2-6-19(18)25-13-15-26(16-14-25)20-9-12-28(17-21(20)29)23(31)8-4-11-27-10-3-7-22(27)30/h1-2,5-6,20-21,29H,3-4,7-17H2/t20-,21-/m1/s1. The molecule has 3 heterocycles. The maximum Gasteiger partial charge on any atom is 0.222 e. The summed E-state index contributed by atoms with van der Waals surface area (Å²) in [5.74, 6) is 0.0595. The van der Waals surface area contributed by atoms with Gasteiger partial charge in [-0.25, -0.2) is 4.39 Å². The molecule has 0 radical (unpaired) electrons. The molecular weight excluding hydrogens is 399 g/mol. The van der Waals surface area contributed by atoms with E-state index < -0.39 is 6.10 Å². The number of carbonyl (C=O) groups is 2. The Bertz CT molecular complexity index is 784. The van der Waals surface area contributed by atoms with Crippen LogP contribution in [0.25, 0.3) is 0 Å². The van der Waals surface area contributed by atoms with Gasteiger partial charge < -0.3 is 19.8 Å². The number of para-hydroxylation sites is 1. The molecule has 7 nitrogen and oxygen atoms in total. The summed E-state index contributed by atoms with van der Waals surface area (Å²) in [4.78, 5) is 32.2. The fourth-order valence-electron chi connectivity index (χ4n) is 5.09. The minimum atomic E-state index is -0.571. The molecule has 1 aromatic rings. The van der Waals surface area contributed by atoms with Crippen molar-refractivity contribution in [2.75, 3.05) is 57.3 Å². The molecule has 1 aromatic carbocycles. The Labute approximate surface area is 183 Å². The number of benzene rings is 1. The normalized spacial score (nSPS) is 25.4. The van der Waals surface area contributed by atoms with E-state index in [0.717, 1.165) is 45.6 Å². The van der Waals surface area contributed by atoms with Crippen molar-refractivity contribution < 1.29 is 19.1 Å². The van der Waals surface area contributed by atoms with Crippen LogP contribution in [0, 0.1) is 5.82 Å². The molecule has 0 saturated carbocycles. The number of aliphatic hydroxyl groups excluding tert-OH is 1. The zero-order valence-corrected chi connectivity index (χ0v) is 18.1. The van der Waals surface area contributed by atoms with Crippen LogP contribution >= 0.6 is 0 Å². The lowest BCUT2D eigenvalue weighted by atomic mass is 9.98. The number of β-amino-alcohol motifs (C(OH)–C–C–N with tert-alkyl or cyclic N) is 1. The number of anilines is 1. The van der Waals surface area contributed by atoms with E-state index in [2.05, 4.69) is 9.80 Å². The summed E-state index contributed by atoms with van der Waals surface area (Å²) in [6.45, 7) is 5.46. The number of halogens is 1. The summed E-state index contributed by atoms with van der Waals surface area (Å²) in [6, 6.07) is 6.88. The van der Waals surface area contributed by atoms with Gasteiger partial charge in [-0.2, -0.15) is 0 Å². The Morgan fingerprint density at radius 1 is 1.10 bits per heavy atom. The van der Waals surface area contributed by atoms with Gasteiger partial charge in [-0.05, 0) is 31.4 Å². The lowest BCUT2D eigenvalue weighted by Crippen LogP contribution is -2.59. The molecule has 0 aliphatic carbocycles. The van der Waals surface area contributed by atoms with Gasteiger partial charge in [-0.1, -0.05) is 12.1 Å². The van der Waals surface area contributed by atoms with Gasteiger partial charge in [-0.3, -0.25) is 14.5 Å². The first kappa shape index (κ1) is 22.0. The summed E-state index contributed by atoms with van der Waals surface area (Å²) in [7, 11) is 0. The number of piperazine rings is 1. The minimum Gasteiger partial charge on any atom is -0.390 e. The van der Waals surface area contributed by atoms with Crippen molar-refractivity contribution in [2.45, 2.75) is 44.2 Å². The Balaban J connectivity index is 1.21. The molecule has 31 heavy (non-hydrogen) atoms. The first-order chi connectivity index (χ1) is 15.0. The number of aliphatic hydroxyl groups is 1. The highest BCUT2D eigenvalue weighted by molar-refractivity contribution is 5.78. The van der Waals surface area contributed by atoms with Crippen LogP contribution in [0.2, 0.25) is 0 Å². The van der Waals surface area contributed by atoms with E-state index >= 15 is 0 Å². The second-order valence-electron chi connectivity index (χ2n) is 8.83. The third kappa shape index (κ3) is 5.18. The number of hydrogen-bond donors (Lipinski definition) is 1. The van der Waals surface area contributed by atoms with Gasteiger partial charge in [0, 0.05) is 71.2 Å². The molecular formula is C23H33FN4O3. The van der Waals surface area contributed by atoms with Gasteiger partial charge in [0.2, 0.25) is 11.8 Å². The Hall–Kier alpha value is -2.19. The summed E-state index contributed by atoms with van der Waals surface area (Å²) >= 11 is 0. The van der Waals surface area contributed by atoms with Crippen molar-refractivity contribution in [3.8, 4) is 0 Å². The van der Waals surface area contributed by atoms with Crippen LogP contribution in [0.1, 0.15) is 32.1 Å². The van der Waals surface area contributed by atoms with E-state index in [9.17, 15) is 19.1 Å². The van der Waals surface area contributed by atoms with E-state index in [4.69, 9.17) is 0 Å². The average molecular weight is 433 g/mol. The summed E-state index contributed by atoms with van der Waals surface area (Å²) < 4.78 is 14.1. The van der Waals surface area contributed by atoms with E-state index in [1.165, 1.54) is 6.07 Å². The molecule has 1 N–H and O–H groups in total. The second kappa shape index (κ2) is 9.96. The SMILES string of the molecule is O=C1CCCN1CCCC(=O)N1CC[C@@H](N2CCN(c3ccccc3F)CC2)[C@H](O)C1. The molecule has 3 fully saturated rings.